The molecule has 0 radical (unpaired) electrons. The molecule has 2 fully saturated rings. The van der Waals surface area contributed by atoms with Gasteiger partial charge < -0.3 is 26.6 Å². The molecular weight excluding hydrogens is 1040 g/mol. The van der Waals surface area contributed by atoms with Crippen molar-refractivity contribution in [1.29, 1.82) is 0 Å². The molecule has 2 saturated carbocycles. The highest BCUT2D eigenvalue weighted by Gasteiger charge is 2.47. The van der Waals surface area contributed by atoms with E-state index in [2.05, 4.69) is 247 Å². The van der Waals surface area contributed by atoms with Gasteiger partial charge >= 0.3 is 0 Å². The van der Waals surface area contributed by atoms with Crippen molar-refractivity contribution in [2.45, 2.75) is 258 Å². The molecule has 0 aromatic heterocycles. The van der Waals surface area contributed by atoms with Crippen molar-refractivity contribution >= 4 is 0 Å². The summed E-state index contributed by atoms with van der Waals surface area (Å²) in [6.07, 6.45) is 13.0. The van der Waals surface area contributed by atoms with Crippen LogP contribution in [-0.2, 0) is 73.6 Å². The summed E-state index contributed by atoms with van der Waals surface area (Å²) in [5, 5.41) is 17.5. The van der Waals surface area contributed by atoms with Gasteiger partial charge in [0.25, 0.3) is 0 Å². The van der Waals surface area contributed by atoms with Gasteiger partial charge in [-0.2, -0.15) is 0 Å². The number of nitrogens with one attached hydrogen (secondary N) is 5. The van der Waals surface area contributed by atoms with Gasteiger partial charge in [-0.25, -0.2) is 0 Å². The van der Waals surface area contributed by atoms with Crippen LogP contribution in [0, 0.1) is 0 Å². The van der Waals surface area contributed by atoms with Gasteiger partial charge in [0, 0.05) is 62.2 Å². The van der Waals surface area contributed by atoms with Crippen LogP contribution in [0.15, 0.2) is 109 Å². The first-order chi connectivity index (χ1) is 41.0. The molecular formula is C81H115N5. The lowest BCUT2D eigenvalue weighted by Crippen LogP contribution is -2.38. The van der Waals surface area contributed by atoms with Gasteiger partial charge in [-0.05, 0) is 218 Å². The van der Waals surface area contributed by atoms with E-state index in [4.69, 9.17) is 0 Å². The molecule has 0 bridgehead atoms. The van der Waals surface area contributed by atoms with Crippen molar-refractivity contribution in [3.8, 4) is 0 Å². The lowest BCUT2D eigenvalue weighted by atomic mass is 9.72. The molecule has 5 nitrogen and oxygen atoms in total. The van der Waals surface area contributed by atoms with Crippen LogP contribution in [0.5, 0.6) is 0 Å². The predicted molar refractivity (Wildman–Crippen MR) is 370 cm³/mol. The molecule has 6 aromatic rings. The fourth-order valence-electron chi connectivity index (χ4n) is 14.3. The first-order valence-electron chi connectivity index (χ1n) is 34.3. The van der Waals surface area contributed by atoms with E-state index in [0.29, 0.717) is 51.9 Å². The fraction of sp³-hybridized carbons (Fsp3) is 0.556. The molecule has 0 unspecified atom stereocenters. The summed E-state index contributed by atoms with van der Waals surface area (Å²) in [5.41, 5.74) is 29.0. The van der Waals surface area contributed by atoms with Crippen molar-refractivity contribution in [1.82, 2.24) is 26.6 Å². The van der Waals surface area contributed by atoms with Crippen LogP contribution in [0.4, 0.5) is 0 Å². The molecule has 14 rings (SSSR count). The maximum atomic E-state index is 3.67. The van der Waals surface area contributed by atoms with E-state index in [-0.39, 0.29) is 5.41 Å². The molecule has 5 heterocycles. The summed E-state index contributed by atoms with van der Waals surface area (Å²) in [4.78, 5) is 0. The summed E-state index contributed by atoms with van der Waals surface area (Å²) < 4.78 is 0. The van der Waals surface area contributed by atoms with Gasteiger partial charge in [0.1, 0.15) is 0 Å². The van der Waals surface area contributed by atoms with E-state index < -0.39 is 0 Å². The maximum absolute atomic E-state index is 3.67. The summed E-state index contributed by atoms with van der Waals surface area (Å²) in [5.74, 6) is 3.88. The normalized spacial score (nSPS) is 19.0. The molecule has 6 aromatic carbocycles. The molecule has 8 aliphatic rings. The second-order valence-electron chi connectivity index (χ2n) is 30.4. The zero-order valence-electron chi connectivity index (χ0n) is 56.8. The Morgan fingerprint density at radius 2 is 0.663 bits per heavy atom. The number of benzene rings is 6. The van der Waals surface area contributed by atoms with E-state index in [0.717, 1.165) is 52.4 Å². The van der Waals surface area contributed by atoms with Crippen LogP contribution in [-0.4, -0.2) is 32.7 Å². The van der Waals surface area contributed by atoms with E-state index in [1.807, 2.05) is 0 Å². The highest BCUT2D eigenvalue weighted by Crippen LogP contribution is 2.51. The summed E-state index contributed by atoms with van der Waals surface area (Å²) in [6, 6.07) is 42.2. The van der Waals surface area contributed by atoms with E-state index in [1.165, 1.54) is 126 Å². The van der Waals surface area contributed by atoms with Gasteiger partial charge in [-0.3, -0.25) is 0 Å². The predicted octanol–water partition coefficient (Wildman–Crippen LogP) is 18.4. The van der Waals surface area contributed by atoms with Gasteiger partial charge in [-0.1, -0.05) is 220 Å². The molecule has 86 heavy (non-hydrogen) atoms. The molecule has 5 aliphatic heterocycles. The summed E-state index contributed by atoms with van der Waals surface area (Å²) in [7, 11) is 0. The number of fused-ring (bicyclic) bond motifs is 8. The fourth-order valence-corrected chi connectivity index (χ4v) is 14.3. The molecule has 5 N–H and O–H groups in total. The zero-order valence-corrected chi connectivity index (χ0v) is 56.8. The second-order valence-corrected chi connectivity index (χ2v) is 30.4. The molecule has 2 spiro atoms. The SMILES string of the molecule is CC(C)c1ccc2c(c1)CCCC2(C)C.CC(C)c1ccc2c(c1)CCNC2.CC(C)c1ccc2c(c1)CCNC2.CC(C)c1ccc2c(c1)CCNC21CC1.CC(C)c1ccc2c(c1)CNCC2(C)C.CC(C)c1ccc2c(c1)CNCC21CC1. The van der Waals surface area contributed by atoms with E-state index >= 15 is 0 Å². The van der Waals surface area contributed by atoms with Crippen LogP contribution >= 0.6 is 0 Å². The molecule has 0 amide bonds. The van der Waals surface area contributed by atoms with Gasteiger partial charge in [0.05, 0.1) is 0 Å². The third-order valence-corrected chi connectivity index (χ3v) is 20.7. The third kappa shape index (κ3) is 16.1. The van der Waals surface area contributed by atoms with Crippen LogP contribution in [0.25, 0.3) is 0 Å². The minimum Gasteiger partial charge on any atom is -0.312 e. The first kappa shape index (κ1) is 65.6. The second kappa shape index (κ2) is 28.3. The highest BCUT2D eigenvalue weighted by molar-refractivity contribution is 5.46. The van der Waals surface area contributed by atoms with Crippen LogP contribution in [0.2, 0.25) is 0 Å². The average molecular weight is 1160 g/mol. The van der Waals surface area contributed by atoms with Gasteiger partial charge in [-0.15, -0.1) is 0 Å². The summed E-state index contributed by atoms with van der Waals surface area (Å²) >= 11 is 0. The number of aryl methyl sites for hydroxylation is 1. The Kier molecular flexibility index (Phi) is 21.6. The minimum atomic E-state index is 0.281. The molecule has 3 aliphatic carbocycles. The van der Waals surface area contributed by atoms with E-state index in [1.54, 1.807) is 44.5 Å². The largest absolute Gasteiger partial charge is 0.312 e. The van der Waals surface area contributed by atoms with Crippen molar-refractivity contribution in [3.05, 3.63) is 209 Å². The average Bonchev–Trinajstić information content (AvgIpc) is 1.84. The third-order valence-electron chi connectivity index (χ3n) is 20.7. The topological polar surface area (TPSA) is 60.1 Å². The Morgan fingerprint density at radius 1 is 0.302 bits per heavy atom. The first-order valence-corrected chi connectivity index (χ1v) is 34.3. The van der Waals surface area contributed by atoms with Crippen LogP contribution in [0.1, 0.15) is 285 Å². The van der Waals surface area contributed by atoms with Crippen molar-refractivity contribution < 1.29 is 0 Å². The van der Waals surface area contributed by atoms with Gasteiger partial charge in [0.2, 0.25) is 0 Å². The smallest absolute Gasteiger partial charge is 0.0439 e. The number of hydrogen-bond donors (Lipinski definition) is 5. The van der Waals surface area contributed by atoms with Crippen LogP contribution in [0.3, 0.4) is 0 Å². The Hall–Kier alpha value is -4.88. The minimum absolute atomic E-state index is 0.281. The monoisotopic (exact) mass is 1160 g/mol. The standard InChI is InChI=1S/C15H22.2C14H19N.C14H21N.2C12H17N/c1-11(2)12-7-8-14-13(10-12)6-5-9-15(14,3)4;1-10(2)11-3-4-13-12(9-11)5-8-15-14(13)6-7-14;1-10(2)11-3-4-13-12(7-11)8-15-9-14(13)5-6-14;1-10(2)11-5-6-13-12(7-11)8-15-9-14(13,3)4;2*1-9(2)10-3-4-12-8-13-6-5-11(12)7-10/h7-8,10-11H,5-6,9H2,1-4H3;3-4,9-10,15H,5-8H2,1-2H3;3-4,7,10,15H,5-6,8-9H2,1-2H3;5-7,10,15H,8-9H2,1-4H3;2*3-4,7,9,13H,5-6,8H2,1-2H3. The highest BCUT2D eigenvalue weighted by atomic mass is 15.0. The quantitative estimate of drug-likeness (QED) is 0.115. The van der Waals surface area contributed by atoms with Crippen molar-refractivity contribution in [2.75, 3.05) is 32.7 Å². The van der Waals surface area contributed by atoms with Crippen molar-refractivity contribution in [3.63, 3.8) is 0 Å². The Morgan fingerprint density at radius 3 is 1.12 bits per heavy atom. The van der Waals surface area contributed by atoms with Gasteiger partial charge in [0.15, 0.2) is 0 Å². The number of hydrogen-bond acceptors (Lipinski definition) is 5. The Bertz CT molecular complexity index is 2870. The molecule has 0 saturated heterocycles. The van der Waals surface area contributed by atoms with Crippen molar-refractivity contribution in [2.24, 2.45) is 0 Å². The number of rotatable bonds is 6. The Balaban J connectivity index is 0.000000123. The lowest BCUT2D eigenvalue weighted by Gasteiger charge is -2.33. The van der Waals surface area contributed by atoms with E-state index in [9.17, 15) is 0 Å². The zero-order chi connectivity index (χ0) is 61.6. The Labute approximate surface area is 524 Å². The molecule has 5 heteroatoms. The van der Waals surface area contributed by atoms with Crippen LogP contribution < -0.4 is 26.6 Å². The summed E-state index contributed by atoms with van der Waals surface area (Å²) in [6.45, 7) is 46.4. The molecule has 464 valence electrons. The maximum Gasteiger partial charge on any atom is 0.0439 e. The molecule has 0 atom stereocenters. The lowest BCUT2D eigenvalue weighted by molar-refractivity contribution is 0.431.